The van der Waals surface area contributed by atoms with Crippen LogP contribution in [0.1, 0.15) is 12.8 Å². The number of aliphatic hydroxyl groups is 1. The van der Waals surface area contributed by atoms with Crippen molar-refractivity contribution in [3.05, 3.63) is 23.4 Å². The van der Waals surface area contributed by atoms with E-state index in [0.29, 0.717) is 23.3 Å². The molecule has 4 heteroatoms. The molecule has 1 fully saturated rings. The molecule has 14 heavy (non-hydrogen) atoms. The van der Waals surface area contributed by atoms with Crippen LogP contribution in [-0.2, 0) is 0 Å². The Hall–Kier alpha value is -0.800. The van der Waals surface area contributed by atoms with Crippen molar-refractivity contribution in [2.45, 2.75) is 18.9 Å². The van der Waals surface area contributed by atoms with E-state index in [1.54, 1.807) is 18.3 Å². The fourth-order valence-corrected chi connectivity index (χ4v) is 1.55. The summed E-state index contributed by atoms with van der Waals surface area (Å²) in [5.74, 6) is 1.12. The fourth-order valence-electron chi connectivity index (χ4n) is 1.36. The first-order valence-corrected chi connectivity index (χ1v) is 5.17. The Morgan fingerprint density at radius 3 is 3.07 bits per heavy atom. The number of aliphatic hydroxyl groups excluding tert-OH is 1. The van der Waals surface area contributed by atoms with Crippen LogP contribution in [0.15, 0.2) is 18.3 Å². The van der Waals surface area contributed by atoms with Crippen molar-refractivity contribution >= 4 is 17.4 Å². The van der Waals surface area contributed by atoms with E-state index in [1.165, 1.54) is 0 Å². The third kappa shape index (κ3) is 2.36. The van der Waals surface area contributed by atoms with Gasteiger partial charge in [-0.25, -0.2) is 4.98 Å². The maximum atomic E-state index is 9.61. The van der Waals surface area contributed by atoms with E-state index < -0.39 is 0 Å². The van der Waals surface area contributed by atoms with Crippen molar-refractivity contribution in [1.29, 1.82) is 0 Å². The zero-order valence-corrected chi connectivity index (χ0v) is 8.54. The summed E-state index contributed by atoms with van der Waals surface area (Å²) in [7, 11) is 0. The average molecular weight is 213 g/mol. The van der Waals surface area contributed by atoms with Crippen LogP contribution in [-0.4, -0.2) is 22.7 Å². The lowest BCUT2D eigenvalue weighted by atomic mass is 10.2. The molecule has 0 amide bonds. The summed E-state index contributed by atoms with van der Waals surface area (Å²) >= 11 is 5.90. The molecular weight excluding hydrogens is 200 g/mol. The average Bonchev–Trinajstić information content (AvgIpc) is 2.99. The van der Waals surface area contributed by atoms with Crippen LogP contribution in [0, 0.1) is 5.92 Å². The van der Waals surface area contributed by atoms with Gasteiger partial charge in [0.05, 0.1) is 11.1 Å². The van der Waals surface area contributed by atoms with Crippen LogP contribution in [0.5, 0.6) is 0 Å². The SMILES string of the molecule is OC(CNc1ncccc1Cl)C1CC1. The lowest BCUT2D eigenvalue weighted by Gasteiger charge is -2.11. The molecule has 2 rings (SSSR count). The molecule has 1 heterocycles. The quantitative estimate of drug-likeness (QED) is 0.802. The number of nitrogens with zero attached hydrogens (tertiary/aromatic N) is 1. The molecule has 1 aromatic rings. The smallest absolute Gasteiger partial charge is 0.144 e. The van der Waals surface area contributed by atoms with Crippen LogP contribution in [0.3, 0.4) is 0 Å². The molecule has 0 spiro atoms. The van der Waals surface area contributed by atoms with Gasteiger partial charge >= 0.3 is 0 Å². The highest BCUT2D eigenvalue weighted by Gasteiger charge is 2.29. The Balaban J connectivity index is 1.87. The minimum atomic E-state index is -0.270. The van der Waals surface area contributed by atoms with Gasteiger partial charge in [0, 0.05) is 12.7 Å². The molecule has 0 bridgehead atoms. The van der Waals surface area contributed by atoms with Gasteiger partial charge in [-0.05, 0) is 30.9 Å². The second-order valence-corrected chi connectivity index (χ2v) is 4.03. The fraction of sp³-hybridized carbons (Fsp3) is 0.500. The van der Waals surface area contributed by atoms with E-state index in [4.69, 9.17) is 11.6 Å². The highest BCUT2D eigenvalue weighted by atomic mass is 35.5. The molecule has 0 aliphatic heterocycles. The molecule has 0 aromatic carbocycles. The Bertz CT molecular complexity index is 315. The Morgan fingerprint density at radius 1 is 1.64 bits per heavy atom. The molecule has 0 radical (unpaired) electrons. The van der Waals surface area contributed by atoms with E-state index >= 15 is 0 Å². The first-order valence-electron chi connectivity index (χ1n) is 4.80. The standard InChI is InChI=1S/C10H13ClN2O/c11-8-2-1-5-12-10(8)13-6-9(14)7-3-4-7/h1-2,5,7,9,14H,3-4,6H2,(H,12,13). The van der Waals surface area contributed by atoms with Crippen LogP contribution >= 0.6 is 11.6 Å². The second kappa shape index (κ2) is 4.15. The van der Waals surface area contributed by atoms with Gasteiger partial charge < -0.3 is 10.4 Å². The van der Waals surface area contributed by atoms with Gasteiger partial charge in [0.25, 0.3) is 0 Å². The largest absolute Gasteiger partial charge is 0.391 e. The van der Waals surface area contributed by atoms with Crippen molar-refractivity contribution in [3.8, 4) is 0 Å². The highest BCUT2D eigenvalue weighted by molar-refractivity contribution is 6.32. The van der Waals surface area contributed by atoms with Gasteiger partial charge in [0.2, 0.25) is 0 Å². The number of halogens is 1. The first-order chi connectivity index (χ1) is 6.77. The third-order valence-corrected chi connectivity index (χ3v) is 2.71. The maximum absolute atomic E-state index is 9.61. The molecule has 76 valence electrons. The minimum absolute atomic E-state index is 0.270. The highest BCUT2D eigenvalue weighted by Crippen LogP contribution is 2.32. The summed E-state index contributed by atoms with van der Waals surface area (Å²) in [5.41, 5.74) is 0. The summed E-state index contributed by atoms with van der Waals surface area (Å²) in [6, 6.07) is 3.56. The van der Waals surface area contributed by atoms with Gasteiger partial charge in [-0.3, -0.25) is 0 Å². The minimum Gasteiger partial charge on any atom is -0.391 e. The topological polar surface area (TPSA) is 45.1 Å². The number of nitrogens with one attached hydrogen (secondary N) is 1. The molecule has 1 aliphatic carbocycles. The zero-order chi connectivity index (χ0) is 9.97. The van der Waals surface area contributed by atoms with E-state index in [9.17, 15) is 5.11 Å². The predicted octanol–water partition coefficient (Wildman–Crippen LogP) is 1.92. The molecule has 2 N–H and O–H groups in total. The number of rotatable bonds is 4. The van der Waals surface area contributed by atoms with E-state index in [1.807, 2.05) is 0 Å². The Morgan fingerprint density at radius 2 is 2.43 bits per heavy atom. The summed E-state index contributed by atoms with van der Waals surface area (Å²) in [6.07, 6.45) is 3.68. The molecule has 1 aromatic heterocycles. The summed E-state index contributed by atoms with van der Waals surface area (Å²) in [4.78, 5) is 4.08. The van der Waals surface area contributed by atoms with Crippen molar-refractivity contribution in [3.63, 3.8) is 0 Å². The third-order valence-electron chi connectivity index (χ3n) is 2.40. The molecule has 0 saturated heterocycles. The lowest BCUT2D eigenvalue weighted by Crippen LogP contribution is -2.21. The van der Waals surface area contributed by atoms with Crippen LogP contribution in [0.2, 0.25) is 5.02 Å². The molecule has 1 atom stereocenters. The van der Waals surface area contributed by atoms with Crippen molar-refractivity contribution < 1.29 is 5.11 Å². The number of hydrogen-bond donors (Lipinski definition) is 2. The molecule has 3 nitrogen and oxygen atoms in total. The summed E-state index contributed by atoms with van der Waals surface area (Å²) in [5, 5.41) is 13.2. The lowest BCUT2D eigenvalue weighted by molar-refractivity contribution is 0.164. The van der Waals surface area contributed by atoms with E-state index in [0.717, 1.165) is 12.8 Å². The monoisotopic (exact) mass is 212 g/mol. The van der Waals surface area contributed by atoms with Gasteiger partial charge in [0.1, 0.15) is 5.82 Å². The van der Waals surface area contributed by atoms with Gasteiger partial charge in [-0.15, -0.1) is 0 Å². The molecule has 1 unspecified atom stereocenters. The number of pyridine rings is 1. The van der Waals surface area contributed by atoms with Crippen molar-refractivity contribution in [2.24, 2.45) is 5.92 Å². The van der Waals surface area contributed by atoms with Crippen molar-refractivity contribution in [2.75, 3.05) is 11.9 Å². The molecular formula is C10H13ClN2O. The molecule has 1 aliphatic rings. The van der Waals surface area contributed by atoms with Crippen molar-refractivity contribution in [1.82, 2.24) is 4.98 Å². The van der Waals surface area contributed by atoms with E-state index in [-0.39, 0.29) is 6.10 Å². The maximum Gasteiger partial charge on any atom is 0.144 e. The Labute approximate surface area is 88.1 Å². The van der Waals surface area contributed by atoms with Gasteiger partial charge in [-0.1, -0.05) is 11.6 Å². The predicted molar refractivity (Wildman–Crippen MR) is 56.5 cm³/mol. The van der Waals surface area contributed by atoms with Gasteiger partial charge in [-0.2, -0.15) is 0 Å². The number of anilines is 1. The summed E-state index contributed by atoms with van der Waals surface area (Å²) < 4.78 is 0. The van der Waals surface area contributed by atoms with Crippen LogP contribution < -0.4 is 5.32 Å². The Kier molecular flexibility index (Phi) is 2.89. The summed E-state index contributed by atoms with van der Waals surface area (Å²) in [6.45, 7) is 0.529. The van der Waals surface area contributed by atoms with Crippen LogP contribution in [0.25, 0.3) is 0 Å². The van der Waals surface area contributed by atoms with Gasteiger partial charge in [0.15, 0.2) is 0 Å². The zero-order valence-electron chi connectivity index (χ0n) is 7.78. The first kappa shape index (κ1) is 9.74. The number of hydrogen-bond acceptors (Lipinski definition) is 3. The normalized spacial score (nSPS) is 17.9. The van der Waals surface area contributed by atoms with Crippen LogP contribution in [0.4, 0.5) is 5.82 Å². The van der Waals surface area contributed by atoms with E-state index in [2.05, 4.69) is 10.3 Å². The molecule has 1 saturated carbocycles. The second-order valence-electron chi connectivity index (χ2n) is 3.62. The number of aromatic nitrogens is 1.